The lowest BCUT2D eigenvalue weighted by atomic mass is 9.97. The minimum Gasteiger partial charge on any atom is -0.452 e. The molecule has 55 heavy (non-hydrogen) atoms. The molecule has 2 heterocycles. The zero-order chi connectivity index (χ0) is 37.8. The molecule has 5 aromatic carbocycles. The summed E-state index contributed by atoms with van der Waals surface area (Å²) in [6.07, 6.45) is -6.76. The predicted molar refractivity (Wildman–Crippen MR) is 199 cm³/mol. The Bertz CT molecular complexity index is 1970. The SMILES string of the molecule is O=C(OC1[C@@H]2OC(c3ccccc3)OCC2O[C@@H](OCCN(Cc2ccccc2)C(=O)OCc2ccccc2)[C@H]1OC(=O)c1ccccc1)c1ccccc1. The normalized spacial score (nSPS) is 21.7. The van der Waals surface area contributed by atoms with E-state index in [4.69, 9.17) is 33.2 Å². The van der Waals surface area contributed by atoms with Gasteiger partial charge in [0.1, 0.15) is 18.8 Å². The third kappa shape index (κ3) is 9.83. The number of rotatable bonds is 13. The topological polar surface area (TPSA) is 119 Å². The number of amides is 1. The molecule has 1 amide bonds. The van der Waals surface area contributed by atoms with E-state index in [1.807, 2.05) is 91.0 Å². The van der Waals surface area contributed by atoms with Gasteiger partial charge in [-0.25, -0.2) is 14.4 Å². The van der Waals surface area contributed by atoms with Gasteiger partial charge in [-0.05, 0) is 35.4 Å². The molecule has 11 heteroatoms. The third-order valence-electron chi connectivity index (χ3n) is 9.18. The lowest BCUT2D eigenvalue weighted by Crippen LogP contribution is -2.64. The molecule has 6 atom stereocenters. The van der Waals surface area contributed by atoms with Gasteiger partial charge in [-0.1, -0.05) is 127 Å². The Balaban J connectivity index is 1.14. The highest BCUT2D eigenvalue weighted by Crippen LogP contribution is 2.37. The third-order valence-corrected chi connectivity index (χ3v) is 9.18. The van der Waals surface area contributed by atoms with Crippen molar-refractivity contribution in [1.82, 2.24) is 4.90 Å². The van der Waals surface area contributed by atoms with E-state index >= 15 is 0 Å². The van der Waals surface area contributed by atoms with Crippen LogP contribution in [0.4, 0.5) is 4.79 Å². The molecule has 2 fully saturated rings. The van der Waals surface area contributed by atoms with Crippen LogP contribution in [-0.2, 0) is 46.3 Å². The number of hydrogen-bond acceptors (Lipinski definition) is 10. The maximum Gasteiger partial charge on any atom is 0.410 e. The Hall–Kier alpha value is -5.85. The lowest BCUT2D eigenvalue weighted by Gasteiger charge is -2.48. The van der Waals surface area contributed by atoms with E-state index < -0.39 is 55.0 Å². The van der Waals surface area contributed by atoms with Gasteiger partial charge < -0.3 is 38.1 Å². The number of fused-ring (bicyclic) bond motifs is 1. The molecule has 2 aliphatic rings. The van der Waals surface area contributed by atoms with Crippen LogP contribution in [0.5, 0.6) is 0 Å². The largest absolute Gasteiger partial charge is 0.452 e. The van der Waals surface area contributed by atoms with Crippen LogP contribution in [0.15, 0.2) is 152 Å². The molecule has 2 aliphatic heterocycles. The van der Waals surface area contributed by atoms with Crippen LogP contribution < -0.4 is 0 Å². The molecule has 0 aliphatic carbocycles. The number of carbonyl (C=O) groups is 3. The van der Waals surface area contributed by atoms with Gasteiger partial charge in [-0.2, -0.15) is 0 Å². The molecule has 3 unspecified atom stereocenters. The fourth-order valence-electron chi connectivity index (χ4n) is 6.38. The van der Waals surface area contributed by atoms with Gasteiger partial charge in [0, 0.05) is 18.7 Å². The summed E-state index contributed by atoms with van der Waals surface area (Å²) in [6.45, 7) is 0.446. The summed E-state index contributed by atoms with van der Waals surface area (Å²) in [4.78, 5) is 42.3. The molecule has 0 saturated carbocycles. The number of carbonyl (C=O) groups excluding carboxylic acids is 3. The first kappa shape index (κ1) is 37.5. The second-order valence-corrected chi connectivity index (χ2v) is 13.0. The lowest BCUT2D eigenvalue weighted by molar-refractivity contribution is -0.359. The number of hydrogen-bond donors (Lipinski definition) is 0. The van der Waals surface area contributed by atoms with Gasteiger partial charge in [-0.15, -0.1) is 0 Å². The van der Waals surface area contributed by atoms with Crippen LogP contribution in [0.1, 0.15) is 43.7 Å². The standard InChI is InChI=1S/C44H41NO10/c46-40(33-20-10-3-11-21-33)53-38-37-36(30-50-42(55-37)35-24-14-5-15-25-35)52-43(39(38)54-41(47)34-22-12-4-13-23-34)49-27-26-45(28-31-16-6-1-7-17-31)44(48)51-29-32-18-8-2-9-19-32/h1-25,36-39,42-43H,26-30H2/t36?,37-,38?,39+,42?,43-/m1/s1. The van der Waals surface area contributed by atoms with Crippen LogP contribution in [0.25, 0.3) is 0 Å². The molecule has 0 spiro atoms. The van der Waals surface area contributed by atoms with Crippen molar-refractivity contribution in [2.24, 2.45) is 0 Å². The van der Waals surface area contributed by atoms with Gasteiger partial charge >= 0.3 is 18.0 Å². The summed E-state index contributed by atoms with van der Waals surface area (Å²) >= 11 is 0. The first-order chi connectivity index (χ1) is 27.0. The zero-order valence-corrected chi connectivity index (χ0v) is 30.0. The second-order valence-electron chi connectivity index (χ2n) is 13.0. The minimum absolute atomic E-state index is 0.0532. The van der Waals surface area contributed by atoms with E-state index in [0.29, 0.717) is 5.56 Å². The molecule has 0 bridgehead atoms. The number of ether oxygens (including phenoxy) is 7. The van der Waals surface area contributed by atoms with E-state index in [1.165, 1.54) is 4.90 Å². The summed E-state index contributed by atoms with van der Waals surface area (Å²) in [5.74, 6) is -1.32. The highest BCUT2D eigenvalue weighted by atomic mass is 16.8. The molecule has 7 rings (SSSR count). The molecular weight excluding hydrogens is 702 g/mol. The Labute approximate surface area is 319 Å². The molecule has 0 aromatic heterocycles. The van der Waals surface area contributed by atoms with Crippen LogP contribution >= 0.6 is 0 Å². The number of esters is 2. The van der Waals surface area contributed by atoms with Crippen molar-refractivity contribution in [3.05, 3.63) is 179 Å². The van der Waals surface area contributed by atoms with E-state index in [9.17, 15) is 14.4 Å². The Morgan fingerprint density at radius 1 is 0.618 bits per heavy atom. The molecule has 11 nitrogen and oxygen atoms in total. The highest BCUT2D eigenvalue weighted by Gasteiger charge is 2.54. The van der Waals surface area contributed by atoms with E-state index in [0.717, 1.165) is 16.7 Å². The van der Waals surface area contributed by atoms with Gasteiger partial charge in [-0.3, -0.25) is 0 Å². The Morgan fingerprint density at radius 2 is 1.15 bits per heavy atom. The fraction of sp³-hybridized carbons (Fsp3) is 0.250. The maximum absolute atomic E-state index is 13.7. The van der Waals surface area contributed by atoms with Crippen LogP contribution in [0.2, 0.25) is 0 Å². The smallest absolute Gasteiger partial charge is 0.410 e. The van der Waals surface area contributed by atoms with Crippen molar-refractivity contribution >= 4 is 18.0 Å². The average molecular weight is 744 g/mol. The van der Waals surface area contributed by atoms with E-state index in [2.05, 4.69) is 0 Å². The zero-order valence-electron chi connectivity index (χ0n) is 30.0. The minimum atomic E-state index is -1.29. The van der Waals surface area contributed by atoms with Crippen molar-refractivity contribution in [2.45, 2.75) is 50.1 Å². The highest BCUT2D eigenvalue weighted by molar-refractivity contribution is 5.90. The summed E-state index contributed by atoms with van der Waals surface area (Å²) in [5, 5.41) is 0. The molecule has 282 valence electrons. The molecule has 0 radical (unpaired) electrons. The number of benzene rings is 5. The van der Waals surface area contributed by atoms with Gasteiger partial charge in [0.25, 0.3) is 0 Å². The fourth-order valence-corrected chi connectivity index (χ4v) is 6.38. The van der Waals surface area contributed by atoms with Gasteiger partial charge in [0.05, 0.1) is 24.3 Å². The first-order valence-corrected chi connectivity index (χ1v) is 18.1. The van der Waals surface area contributed by atoms with Gasteiger partial charge in [0.15, 0.2) is 24.8 Å². The van der Waals surface area contributed by atoms with Crippen molar-refractivity contribution in [2.75, 3.05) is 19.8 Å². The monoisotopic (exact) mass is 743 g/mol. The molecular formula is C44H41NO10. The Kier molecular flexibility index (Phi) is 12.6. The second kappa shape index (κ2) is 18.5. The molecule has 2 saturated heterocycles. The summed E-state index contributed by atoms with van der Waals surface area (Å²) in [5.41, 5.74) is 3.07. The first-order valence-electron chi connectivity index (χ1n) is 18.1. The van der Waals surface area contributed by atoms with Crippen molar-refractivity contribution in [1.29, 1.82) is 0 Å². The van der Waals surface area contributed by atoms with Crippen LogP contribution in [0, 0.1) is 0 Å². The quantitative estimate of drug-likeness (QED) is 0.0910. The molecule has 0 N–H and O–H groups in total. The maximum atomic E-state index is 13.7. The van der Waals surface area contributed by atoms with Gasteiger partial charge in [0.2, 0.25) is 0 Å². The van der Waals surface area contributed by atoms with Crippen molar-refractivity contribution in [3.63, 3.8) is 0 Å². The van der Waals surface area contributed by atoms with Crippen molar-refractivity contribution < 1.29 is 47.5 Å². The summed E-state index contributed by atoms with van der Waals surface area (Å²) in [6, 6.07) is 45.2. The summed E-state index contributed by atoms with van der Waals surface area (Å²) < 4.78 is 43.3. The van der Waals surface area contributed by atoms with Crippen LogP contribution in [0.3, 0.4) is 0 Å². The number of nitrogens with zero attached hydrogens (tertiary/aromatic N) is 1. The average Bonchev–Trinajstić information content (AvgIpc) is 3.25. The van der Waals surface area contributed by atoms with E-state index in [-0.39, 0.29) is 38.5 Å². The van der Waals surface area contributed by atoms with Crippen molar-refractivity contribution in [3.8, 4) is 0 Å². The van der Waals surface area contributed by atoms with Crippen LogP contribution in [-0.4, -0.2) is 73.4 Å². The predicted octanol–water partition coefficient (Wildman–Crippen LogP) is 7.13. The van der Waals surface area contributed by atoms with E-state index in [1.54, 1.807) is 60.7 Å². The summed E-state index contributed by atoms with van der Waals surface area (Å²) in [7, 11) is 0. The molecule has 5 aromatic rings. The Morgan fingerprint density at radius 3 is 1.75 bits per heavy atom.